The molecule has 0 radical (unpaired) electrons. The number of hydrogen-bond acceptors (Lipinski definition) is 4. The summed E-state index contributed by atoms with van der Waals surface area (Å²) in [7, 11) is 0. The maximum Gasteiger partial charge on any atom is 0.253 e. The van der Waals surface area contributed by atoms with Crippen LogP contribution >= 0.6 is 0 Å². The molecule has 1 fully saturated rings. The van der Waals surface area contributed by atoms with E-state index in [1.807, 2.05) is 6.07 Å². The van der Waals surface area contributed by atoms with Crippen molar-refractivity contribution in [2.24, 2.45) is 5.92 Å². The molecular formula is C16H22N4O2. The third-order valence-electron chi connectivity index (χ3n) is 4.50. The molecule has 2 aromatic rings. The molecule has 1 heterocycles. The number of amides is 1. The van der Waals surface area contributed by atoms with Gasteiger partial charge < -0.3 is 10.4 Å². The molecule has 0 bridgehead atoms. The number of aromatic nitrogens is 3. The van der Waals surface area contributed by atoms with Crippen molar-refractivity contribution in [2.75, 3.05) is 6.54 Å². The molecule has 1 aliphatic carbocycles. The van der Waals surface area contributed by atoms with E-state index in [9.17, 15) is 9.90 Å². The summed E-state index contributed by atoms with van der Waals surface area (Å²) in [6, 6.07) is 5.38. The number of fused-ring (bicyclic) bond motifs is 1. The van der Waals surface area contributed by atoms with Gasteiger partial charge in [-0.15, -0.1) is 0 Å². The first-order chi connectivity index (χ1) is 10.8. The second-order valence-corrected chi connectivity index (χ2v) is 6.01. The van der Waals surface area contributed by atoms with E-state index in [1.165, 1.54) is 6.42 Å². The van der Waals surface area contributed by atoms with Crippen molar-refractivity contribution in [2.45, 2.75) is 44.6 Å². The highest BCUT2D eigenvalue weighted by atomic mass is 16.3. The van der Waals surface area contributed by atoms with Gasteiger partial charge in [0.05, 0.1) is 11.7 Å². The van der Waals surface area contributed by atoms with Crippen LogP contribution in [0.1, 0.15) is 48.9 Å². The van der Waals surface area contributed by atoms with Gasteiger partial charge in [0.1, 0.15) is 11.0 Å². The highest BCUT2D eigenvalue weighted by Gasteiger charge is 2.22. The Morgan fingerprint density at radius 3 is 3.05 bits per heavy atom. The molecule has 1 aromatic heterocycles. The average molecular weight is 302 g/mol. The molecule has 0 unspecified atom stereocenters. The van der Waals surface area contributed by atoms with Crippen LogP contribution in [-0.4, -0.2) is 39.1 Å². The van der Waals surface area contributed by atoms with Crippen molar-refractivity contribution < 1.29 is 9.90 Å². The molecule has 2 atom stereocenters. The van der Waals surface area contributed by atoms with Gasteiger partial charge in [0.2, 0.25) is 0 Å². The second kappa shape index (κ2) is 6.87. The first kappa shape index (κ1) is 15.0. The number of nitrogens with zero attached hydrogens (tertiary/aromatic N) is 2. The van der Waals surface area contributed by atoms with E-state index in [0.29, 0.717) is 29.1 Å². The Morgan fingerprint density at radius 2 is 2.18 bits per heavy atom. The number of benzene rings is 1. The van der Waals surface area contributed by atoms with Gasteiger partial charge in [0.15, 0.2) is 0 Å². The average Bonchev–Trinajstić information content (AvgIpc) is 3.01. The number of hydrogen-bond donors (Lipinski definition) is 3. The van der Waals surface area contributed by atoms with Gasteiger partial charge in [-0.05, 0) is 43.7 Å². The van der Waals surface area contributed by atoms with Gasteiger partial charge in [-0.1, -0.05) is 18.9 Å². The molecule has 1 aliphatic rings. The molecule has 118 valence electrons. The van der Waals surface area contributed by atoms with Crippen LogP contribution in [-0.2, 0) is 0 Å². The predicted molar refractivity (Wildman–Crippen MR) is 83.4 cm³/mol. The Labute approximate surface area is 129 Å². The van der Waals surface area contributed by atoms with Gasteiger partial charge >= 0.3 is 0 Å². The van der Waals surface area contributed by atoms with E-state index in [1.54, 1.807) is 12.1 Å². The molecular weight excluding hydrogens is 280 g/mol. The third kappa shape index (κ3) is 3.27. The Kier molecular flexibility index (Phi) is 4.68. The minimum absolute atomic E-state index is 0.122. The quantitative estimate of drug-likeness (QED) is 0.737. The Balaban J connectivity index is 1.49. The summed E-state index contributed by atoms with van der Waals surface area (Å²) in [5.74, 6) is 0.272. The van der Waals surface area contributed by atoms with Crippen LogP contribution in [0.4, 0.5) is 0 Å². The number of rotatable bonds is 5. The van der Waals surface area contributed by atoms with Gasteiger partial charge in [0, 0.05) is 6.54 Å². The lowest BCUT2D eigenvalue weighted by atomic mass is 9.83. The Morgan fingerprint density at radius 1 is 1.32 bits per heavy atom. The van der Waals surface area contributed by atoms with Crippen LogP contribution in [0, 0.1) is 5.92 Å². The van der Waals surface area contributed by atoms with Crippen molar-refractivity contribution in [3.63, 3.8) is 0 Å². The smallest absolute Gasteiger partial charge is 0.253 e. The summed E-state index contributed by atoms with van der Waals surface area (Å²) in [4.78, 5) is 12.2. The zero-order valence-corrected chi connectivity index (χ0v) is 12.6. The number of carbonyl (C=O) groups is 1. The second-order valence-electron chi connectivity index (χ2n) is 6.01. The fourth-order valence-electron chi connectivity index (χ4n) is 3.24. The van der Waals surface area contributed by atoms with Crippen LogP contribution in [0.2, 0.25) is 0 Å². The number of H-pyrrole nitrogens is 1. The molecule has 1 amide bonds. The van der Waals surface area contributed by atoms with Crippen molar-refractivity contribution in [1.82, 2.24) is 20.7 Å². The van der Waals surface area contributed by atoms with Crippen LogP contribution in [0.15, 0.2) is 18.2 Å². The van der Waals surface area contributed by atoms with Gasteiger partial charge in [-0.25, -0.2) is 0 Å². The Hall–Kier alpha value is -1.95. The highest BCUT2D eigenvalue weighted by molar-refractivity contribution is 6.04. The topological polar surface area (TPSA) is 90.9 Å². The van der Waals surface area contributed by atoms with Gasteiger partial charge in [-0.2, -0.15) is 15.4 Å². The lowest BCUT2D eigenvalue weighted by molar-refractivity contribution is 0.0641. The zero-order valence-electron chi connectivity index (χ0n) is 12.6. The van der Waals surface area contributed by atoms with Crippen LogP contribution in [0.25, 0.3) is 11.0 Å². The van der Waals surface area contributed by atoms with Crippen LogP contribution in [0.3, 0.4) is 0 Å². The summed E-state index contributed by atoms with van der Waals surface area (Å²) >= 11 is 0. The molecule has 6 heteroatoms. The lowest BCUT2D eigenvalue weighted by Gasteiger charge is -2.27. The Bertz CT molecular complexity index is 640. The van der Waals surface area contributed by atoms with E-state index in [0.717, 1.165) is 32.1 Å². The molecule has 1 saturated carbocycles. The van der Waals surface area contributed by atoms with E-state index >= 15 is 0 Å². The number of carbonyl (C=O) groups excluding carboxylic acids is 1. The minimum atomic E-state index is -0.159. The number of aliphatic hydroxyl groups is 1. The third-order valence-corrected chi connectivity index (χ3v) is 4.50. The number of aromatic amines is 1. The van der Waals surface area contributed by atoms with E-state index in [4.69, 9.17) is 0 Å². The molecule has 0 saturated heterocycles. The summed E-state index contributed by atoms with van der Waals surface area (Å²) in [6.07, 6.45) is 6.07. The molecule has 1 aromatic carbocycles. The fraction of sp³-hybridized carbons (Fsp3) is 0.562. The first-order valence-electron chi connectivity index (χ1n) is 8.01. The maximum atomic E-state index is 12.2. The molecule has 0 aliphatic heterocycles. The minimum Gasteiger partial charge on any atom is -0.393 e. The summed E-state index contributed by atoms with van der Waals surface area (Å²) in [5.41, 5.74) is 1.84. The van der Waals surface area contributed by atoms with Crippen molar-refractivity contribution in [3.8, 4) is 0 Å². The fourth-order valence-corrected chi connectivity index (χ4v) is 3.24. The molecule has 3 rings (SSSR count). The monoisotopic (exact) mass is 302 g/mol. The van der Waals surface area contributed by atoms with E-state index in [2.05, 4.69) is 20.7 Å². The van der Waals surface area contributed by atoms with Crippen molar-refractivity contribution in [3.05, 3.63) is 23.8 Å². The summed E-state index contributed by atoms with van der Waals surface area (Å²) in [5, 5.41) is 23.4. The number of aliphatic hydroxyl groups excluding tert-OH is 1. The van der Waals surface area contributed by atoms with Gasteiger partial charge in [-0.3, -0.25) is 4.79 Å². The summed E-state index contributed by atoms with van der Waals surface area (Å²) < 4.78 is 0. The van der Waals surface area contributed by atoms with Gasteiger partial charge in [0.25, 0.3) is 5.91 Å². The molecule has 22 heavy (non-hydrogen) atoms. The molecule has 0 spiro atoms. The first-order valence-corrected chi connectivity index (χ1v) is 8.01. The molecule has 6 nitrogen and oxygen atoms in total. The zero-order chi connectivity index (χ0) is 15.4. The lowest BCUT2D eigenvalue weighted by Crippen LogP contribution is -2.28. The van der Waals surface area contributed by atoms with Crippen molar-refractivity contribution >= 4 is 16.9 Å². The van der Waals surface area contributed by atoms with Crippen LogP contribution < -0.4 is 5.32 Å². The number of para-hydroxylation sites is 1. The number of nitrogens with one attached hydrogen (secondary N) is 2. The van der Waals surface area contributed by atoms with E-state index < -0.39 is 0 Å². The van der Waals surface area contributed by atoms with Crippen LogP contribution in [0.5, 0.6) is 0 Å². The normalized spacial score (nSPS) is 21.9. The standard InChI is InChI=1S/C16H22N4O2/c21-14-9-2-1-5-11(14)6-4-10-17-16(22)12-7-3-8-13-15(12)19-20-18-13/h3,7-8,11,14,21H,1-2,4-6,9-10H2,(H,17,22)(H,18,19,20)/t11-,14+/m1/s1. The van der Waals surface area contributed by atoms with E-state index in [-0.39, 0.29) is 12.0 Å². The predicted octanol–water partition coefficient (Wildman–Crippen LogP) is 2.02. The van der Waals surface area contributed by atoms with Crippen molar-refractivity contribution in [1.29, 1.82) is 0 Å². The largest absolute Gasteiger partial charge is 0.393 e. The summed E-state index contributed by atoms with van der Waals surface area (Å²) in [6.45, 7) is 0.621. The molecule has 3 N–H and O–H groups in total. The maximum absolute atomic E-state index is 12.2. The SMILES string of the molecule is O=C(NCCC[C@H]1CCCC[C@@H]1O)c1cccc2n[nH]nc12. The highest BCUT2D eigenvalue weighted by Crippen LogP contribution is 2.27.